The van der Waals surface area contributed by atoms with Crippen molar-refractivity contribution in [3.63, 3.8) is 0 Å². The van der Waals surface area contributed by atoms with Crippen LogP contribution in [-0.2, 0) is 9.53 Å². The lowest BCUT2D eigenvalue weighted by Crippen LogP contribution is -2.28. The van der Waals surface area contributed by atoms with Gasteiger partial charge in [-0.3, -0.25) is 4.79 Å². The van der Waals surface area contributed by atoms with Gasteiger partial charge in [-0.2, -0.15) is 0 Å². The molecule has 5 nitrogen and oxygen atoms in total. The number of para-hydroxylation sites is 1. The van der Waals surface area contributed by atoms with Gasteiger partial charge in [0, 0.05) is 12.2 Å². The summed E-state index contributed by atoms with van der Waals surface area (Å²) in [5.74, 6) is -1.39. The molecule has 0 atom stereocenters. The number of anilines is 2. The van der Waals surface area contributed by atoms with Crippen molar-refractivity contribution in [2.75, 3.05) is 18.5 Å². The first-order chi connectivity index (χ1) is 11.6. The Morgan fingerprint density at radius 1 is 1.12 bits per heavy atom. The number of carbonyl (C=O) groups excluding carboxylic acids is 2. The fraction of sp³-hybridized carbons (Fsp3) is 0.111. The van der Waals surface area contributed by atoms with Gasteiger partial charge in [-0.25, -0.2) is 9.18 Å². The van der Waals surface area contributed by atoms with Gasteiger partial charge in [0.15, 0.2) is 6.61 Å². The largest absolute Gasteiger partial charge is 0.452 e. The molecule has 2 N–H and O–H groups in total. The maximum absolute atomic E-state index is 13.0. The third kappa shape index (κ3) is 4.95. The number of esters is 1. The maximum atomic E-state index is 13.0. The van der Waals surface area contributed by atoms with Crippen LogP contribution in [0, 0.1) is 5.82 Å². The van der Waals surface area contributed by atoms with Crippen molar-refractivity contribution in [3.05, 3.63) is 72.6 Å². The van der Waals surface area contributed by atoms with Gasteiger partial charge in [-0.15, -0.1) is 6.58 Å². The lowest BCUT2D eigenvalue weighted by molar-refractivity contribution is -0.124. The van der Waals surface area contributed by atoms with Crippen LogP contribution in [0.4, 0.5) is 15.8 Å². The highest BCUT2D eigenvalue weighted by Crippen LogP contribution is 2.21. The summed E-state index contributed by atoms with van der Waals surface area (Å²) in [6.07, 6.45) is 1.53. The highest BCUT2D eigenvalue weighted by molar-refractivity contribution is 5.97. The molecule has 0 spiro atoms. The molecule has 2 rings (SSSR count). The molecule has 0 aliphatic rings. The smallest absolute Gasteiger partial charge is 0.340 e. The van der Waals surface area contributed by atoms with E-state index in [4.69, 9.17) is 4.74 Å². The molecule has 0 fully saturated rings. The van der Waals surface area contributed by atoms with E-state index in [1.165, 1.54) is 18.2 Å². The summed E-state index contributed by atoms with van der Waals surface area (Å²) < 4.78 is 18.0. The molecular weight excluding hydrogens is 311 g/mol. The van der Waals surface area contributed by atoms with Gasteiger partial charge in [0.05, 0.1) is 11.3 Å². The molecule has 0 aliphatic carbocycles. The van der Waals surface area contributed by atoms with Gasteiger partial charge in [-0.1, -0.05) is 18.2 Å². The second-order valence-electron chi connectivity index (χ2n) is 4.85. The molecule has 0 saturated carbocycles. The Morgan fingerprint density at radius 3 is 2.54 bits per heavy atom. The molecule has 0 radical (unpaired) electrons. The van der Waals surface area contributed by atoms with E-state index in [2.05, 4.69) is 17.2 Å². The number of hydrogen-bond acceptors (Lipinski definition) is 4. The van der Waals surface area contributed by atoms with Gasteiger partial charge in [0.2, 0.25) is 0 Å². The molecule has 2 aromatic carbocycles. The number of carbonyl (C=O) groups is 2. The van der Waals surface area contributed by atoms with Crippen LogP contribution >= 0.6 is 0 Å². The van der Waals surface area contributed by atoms with Crippen molar-refractivity contribution in [2.24, 2.45) is 0 Å². The fourth-order valence-corrected chi connectivity index (χ4v) is 1.90. The molecule has 1 amide bonds. The molecule has 0 aromatic heterocycles. The first-order valence-corrected chi connectivity index (χ1v) is 7.26. The minimum Gasteiger partial charge on any atom is -0.452 e. The first kappa shape index (κ1) is 17.2. The van der Waals surface area contributed by atoms with Crippen LogP contribution in [0.25, 0.3) is 0 Å². The lowest BCUT2D eigenvalue weighted by Gasteiger charge is -2.11. The minimum absolute atomic E-state index is 0.276. The number of nitrogens with one attached hydrogen (secondary N) is 2. The average Bonchev–Trinajstić information content (AvgIpc) is 2.60. The molecule has 2 aromatic rings. The number of ether oxygens (including phenoxy) is 1. The number of hydrogen-bond donors (Lipinski definition) is 2. The summed E-state index contributed by atoms with van der Waals surface area (Å²) in [6.45, 7) is 3.41. The molecule has 0 saturated heterocycles. The van der Waals surface area contributed by atoms with Crippen LogP contribution in [0.15, 0.2) is 61.2 Å². The Labute approximate surface area is 139 Å². The molecule has 0 heterocycles. The van der Waals surface area contributed by atoms with Crippen molar-refractivity contribution >= 4 is 23.3 Å². The van der Waals surface area contributed by atoms with Gasteiger partial charge < -0.3 is 15.4 Å². The molecule has 0 bridgehead atoms. The summed E-state index contributed by atoms with van der Waals surface area (Å²) in [6, 6.07) is 12.4. The second kappa shape index (κ2) is 8.47. The predicted molar refractivity (Wildman–Crippen MR) is 89.6 cm³/mol. The third-order valence-corrected chi connectivity index (χ3v) is 3.05. The molecule has 6 heteroatoms. The van der Waals surface area contributed by atoms with Crippen LogP contribution in [0.1, 0.15) is 10.4 Å². The quantitative estimate of drug-likeness (QED) is 0.605. The number of halogens is 1. The highest BCUT2D eigenvalue weighted by atomic mass is 19.1. The minimum atomic E-state index is -0.631. The number of amides is 1. The van der Waals surface area contributed by atoms with Crippen LogP contribution in [0.2, 0.25) is 0 Å². The van der Waals surface area contributed by atoms with E-state index in [0.717, 1.165) is 0 Å². The van der Waals surface area contributed by atoms with Crippen molar-refractivity contribution in [3.8, 4) is 0 Å². The van der Waals surface area contributed by atoms with Crippen LogP contribution < -0.4 is 10.6 Å². The summed E-state index contributed by atoms with van der Waals surface area (Å²) >= 11 is 0. The Kier molecular flexibility index (Phi) is 6.08. The molecule has 0 aliphatic heterocycles. The topological polar surface area (TPSA) is 67.4 Å². The third-order valence-electron chi connectivity index (χ3n) is 3.05. The normalized spacial score (nSPS) is 9.88. The van der Waals surface area contributed by atoms with Gasteiger partial charge >= 0.3 is 5.97 Å². The predicted octanol–water partition coefficient (Wildman–Crippen LogP) is 3.03. The fourth-order valence-electron chi connectivity index (χ4n) is 1.90. The van der Waals surface area contributed by atoms with E-state index < -0.39 is 11.9 Å². The van der Waals surface area contributed by atoms with E-state index in [1.54, 1.807) is 36.4 Å². The van der Waals surface area contributed by atoms with Crippen LogP contribution in [0.3, 0.4) is 0 Å². The summed E-state index contributed by atoms with van der Waals surface area (Å²) in [4.78, 5) is 23.6. The summed E-state index contributed by atoms with van der Waals surface area (Å²) in [5.41, 5.74) is 1.40. The van der Waals surface area contributed by atoms with Gasteiger partial charge in [0.1, 0.15) is 5.82 Å². The average molecular weight is 328 g/mol. The number of rotatable bonds is 7. The van der Waals surface area contributed by atoms with Crippen molar-refractivity contribution < 1.29 is 18.7 Å². The zero-order valence-electron chi connectivity index (χ0n) is 12.9. The van der Waals surface area contributed by atoms with Crippen LogP contribution in [0.5, 0.6) is 0 Å². The Balaban J connectivity index is 2.04. The van der Waals surface area contributed by atoms with Gasteiger partial charge in [-0.05, 0) is 36.4 Å². The van der Waals surface area contributed by atoms with E-state index in [-0.39, 0.29) is 18.0 Å². The summed E-state index contributed by atoms with van der Waals surface area (Å²) in [7, 11) is 0. The SMILES string of the molecule is C=CCNC(=O)COC(=O)c1ccccc1Nc1ccc(F)cc1. The molecule has 0 unspecified atom stereocenters. The van der Waals surface area contributed by atoms with Crippen LogP contribution in [-0.4, -0.2) is 25.0 Å². The second-order valence-corrected chi connectivity index (χ2v) is 4.85. The zero-order chi connectivity index (χ0) is 17.4. The Bertz CT molecular complexity index is 729. The van der Waals surface area contributed by atoms with E-state index in [0.29, 0.717) is 17.9 Å². The molecule has 24 heavy (non-hydrogen) atoms. The Hall–Kier alpha value is -3.15. The standard InChI is InChI=1S/C18H17FN2O3/c1-2-11-20-17(22)12-24-18(23)15-5-3-4-6-16(15)21-14-9-7-13(19)8-10-14/h2-10,21H,1,11-12H2,(H,20,22). The zero-order valence-corrected chi connectivity index (χ0v) is 12.9. The van der Waals surface area contributed by atoms with E-state index in [9.17, 15) is 14.0 Å². The highest BCUT2D eigenvalue weighted by Gasteiger charge is 2.14. The number of benzene rings is 2. The summed E-state index contributed by atoms with van der Waals surface area (Å²) in [5, 5.41) is 5.53. The van der Waals surface area contributed by atoms with E-state index >= 15 is 0 Å². The molecule has 124 valence electrons. The van der Waals surface area contributed by atoms with Crippen molar-refractivity contribution in [1.29, 1.82) is 0 Å². The lowest BCUT2D eigenvalue weighted by atomic mass is 10.1. The first-order valence-electron chi connectivity index (χ1n) is 7.26. The monoisotopic (exact) mass is 328 g/mol. The molecular formula is C18H17FN2O3. The van der Waals surface area contributed by atoms with Crippen molar-refractivity contribution in [2.45, 2.75) is 0 Å². The maximum Gasteiger partial charge on any atom is 0.340 e. The van der Waals surface area contributed by atoms with E-state index in [1.807, 2.05) is 0 Å². The Morgan fingerprint density at radius 2 is 1.83 bits per heavy atom. The van der Waals surface area contributed by atoms with Crippen molar-refractivity contribution in [1.82, 2.24) is 5.32 Å². The van der Waals surface area contributed by atoms with Gasteiger partial charge in [0.25, 0.3) is 5.91 Å².